The van der Waals surface area contributed by atoms with Gasteiger partial charge < -0.3 is 15.1 Å². The standard InChI is InChI=1S/C30H43N5O4/c1-23-22-26(9-12-28(23)39-35(37)38)31-25-13-16-34(17-14-25)29(36)6-5-15-32-18-20-33(21-19-32)27-10-7-24(8-11-27)30(2,3)4/h7-12,22,25,31H,5-6,13-21H2,1-4H3. The van der Waals surface area contributed by atoms with Gasteiger partial charge in [0, 0.05) is 63.1 Å². The summed E-state index contributed by atoms with van der Waals surface area (Å²) in [5.74, 6) is 0.502. The van der Waals surface area contributed by atoms with E-state index in [1.54, 1.807) is 19.1 Å². The molecule has 39 heavy (non-hydrogen) atoms. The lowest BCUT2D eigenvalue weighted by atomic mass is 9.87. The van der Waals surface area contributed by atoms with Crippen LogP contribution in [0, 0.1) is 17.0 Å². The van der Waals surface area contributed by atoms with Gasteiger partial charge in [-0.2, -0.15) is 0 Å². The van der Waals surface area contributed by atoms with Crippen molar-refractivity contribution in [2.24, 2.45) is 0 Å². The number of hydrogen-bond acceptors (Lipinski definition) is 7. The number of nitrogens with one attached hydrogen (secondary N) is 1. The summed E-state index contributed by atoms with van der Waals surface area (Å²) >= 11 is 0. The first-order valence-electron chi connectivity index (χ1n) is 14.1. The highest BCUT2D eigenvalue weighted by molar-refractivity contribution is 5.76. The van der Waals surface area contributed by atoms with Gasteiger partial charge in [0.05, 0.1) is 0 Å². The second-order valence-corrected chi connectivity index (χ2v) is 11.8. The largest absolute Gasteiger partial charge is 0.382 e. The van der Waals surface area contributed by atoms with Crippen LogP contribution in [0.1, 0.15) is 57.6 Å². The molecule has 2 fully saturated rings. The molecule has 2 heterocycles. The minimum Gasteiger partial charge on any atom is -0.382 e. The normalized spacial score (nSPS) is 17.2. The van der Waals surface area contributed by atoms with E-state index in [1.165, 1.54) is 11.3 Å². The number of likely N-dealkylation sites (tertiary alicyclic amines) is 1. The van der Waals surface area contributed by atoms with Crippen molar-refractivity contribution in [3.05, 3.63) is 63.7 Å². The number of benzene rings is 2. The average molecular weight is 538 g/mol. The minimum atomic E-state index is -0.796. The molecule has 2 aromatic rings. The van der Waals surface area contributed by atoms with Crippen LogP contribution in [0.4, 0.5) is 11.4 Å². The summed E-state index contributed by atoms with van der Waals surface area (Å²) in [5.41, 5.74) is 4.46. The van der Waals surface area contributed by atoms with Gasteiger partial charge in [0.1, 0.15) is 5.75 Å². The van der Waals surface area contributed by atoms with E-state index < -0.39 is 5.09 Å². The number of rotatable bonds is 9. The van der Waals surface area contributed by atoms with E-state index in [2.05, 4.69) is 65.0 Å². The molecule has 2 aliphatic rings. The lowest BCUT2D eigenvalue weighted by molar-refractivity contribution is -0.711. The molecule has 0 radical (unpaired) electrons. The van der Waals surface area contributed by atoms with Crippen molar-refractivity contribution in [1.82, 2.24) is 9.80 Å². The van der Waals surface area contributed by atoms with Crippen molar-refractivity contribution in [2.45, 2.75) is 64.8 Å². The number of anilines is 2. The first kappa shape index (κ1) is 28.7. The minimum absolute atomic E-state index is 0.174. The number of nitrogens with zero attached hydrogens (tertiary/aromatic N) is 4. The Balaban J connectivity index is 1.12. The summed E-state index contributed by atoms with van der Waals surface area (Å²) in [5, 5.41) is 13.3. The van der Waals surface area contributed by atoms with Crippen LogP contribution in [0.15, 0.2) is 42.5 Å². The van der Waals surface area contributed by atoms with Crippen molar-refractivity contribution in [3.8, 4) is 5.75 Å². The molecule has 2 aliphatic heterocycles. The van der Waals surface area contributed by atoms with Crippen LogP contribution in [-0.4, -0.2) is 72.6 Å². The van der Waals surface area contributed by atoms with Crippen LogP contribution < -0.4 is 15.1 Å². The molecule has 9 heteroatoms. The maximum Gasteiger partial charge on any atom is 0.299 e. The van der Waals surface area contributed by atoms with Gasteiger partial charge in [0.2, 0.25) is 5.91 Å². The van der Waals surface area contributed by atoms with Gasteiger partial charge in [-0.05, 0) is 79.6 Å². The molecule has 0 aliphatic carbocycles. The predicted molar refractivity (Wildman–Crippen MR) is 155 cm³/mol. The third-order valence-corrected chi connectivity index (χ3v) is 7.90. The third kappa shape index (κ3) is 8.08. The molecule has 0 unspecified atom stereocenters. The van der Waals surface area contributed by atoms with Crippen LogP contribution in [0.25, 0.3) is 0 Å². The van der Waals surface area contributed by atoms with Crippen molar-refractivity contribution < 1.29 is 14.7 Å². The Morgan fingerprint density at radius 3 is 2.28 bits per heavy atom. The van der Waals surface area contributed by atoms with E-state index in [0.29, 0.717) is 12.0 Å². The van der Waals surface area contributed by atoms with Crippen molar-refractivity contribution >= 4 is 17.3 Å². The fourth-order valence-corrected chi connectivity index (χ4v) is 5.44. The van der Waals surface area contributed by atoms with Crippen molar-refractivity contribution in [3.63, 3.8) is 0 Å². The Morgan fingerprint density at radius 2 is 1.69 bits per heavy atom. The van der Waals surface area contributed by atoms with Gasteiger partial charge in [0.15, 0.2) is 0 Å². The number of piperidine rings is 1. The number of hydrogen-bond donors (Lipinski definition) is 1. The topological polar surface area (TPSA) is 91.2 Å². The third-order valence-electron chi connectivity index (χ3n) is 7.90. The average Bonchev–Trinajstić information content (AvgIpc) is 2.90. The maximum atomic E-state index is 12.8. The SMILES string of the molecule is Cc1cc(NC2CCN(C(=O)CCCN3CCN(c4ccc(C(C)(C)C)cc4)CC3)CC2)ccc1O[N+](=O)[O-]. The van der Waals surface area contributed by atoms with E-state index in [4.69, 9.17) is 0 Å². The second kappa shape index (κ2) is 12.7. The number of carbonyl (C=O) groups excluding carboxylic acids is 1. The first-order valence-corrected chi connectivity index (χ1v) is 14.1. The molecular weight excluding hydrogens is 494 g/mol. The smallest absolute Gasteiger partial charge is 0.299 e. The number of piperazine rings is 1. The molecule has 2 aromatic carbocycles. The maximum absolute atomic E-state index is 12.8. The highest BCUT2D eigenvalue weighted by Gasteiger charge is 2.24. The molecular formula is C30H43N5O4. The lowest BCUT2D eigenvalue weighted by Crippen LogP contribution is -2.47. The number of amides is 1. The lowest BCUT2D eigenvalue weighted by Gasteiger charge is -2.36. The molecule has 0 bridgehead atoms. The Kier molecular flexibility index (Phi) is 9.32. The zero-order chi connectivity index (χ0) is 28.0. The molecule has 0 spiro atoms. The molecule has 0 aromatic heterocycles. The monoisotopic (exact) mass is 537 g/mol. The van der Waals surface area contributed by atoms with E-state index in [-0.39, 0.29) is 23.1 Å². The summed E-state index contributed by atoms with van der Waals surface area (Å²) < 4.78 is 0. The summed E-state index contributed by atoms with van der Waals surface area (Å²) in [6.45, 7) is 15.1. The van der Waals surface area contributed by atoms with E-state index >= 15 is 0 Å². The van der Waals surface area contributed by atoms with Crippen LogP contribution in [0.2, 0.25) is 0 Å². The molecule has 4 rings (SSSR count). The summed E-state index contributed by atoms with van der Waals surface area (Å²) in [4.78, 5) is 34.9. The van der Waals surface area contributed by atoms with Gasteiger partial charge in [0.25, 0.3) is 5.09 Å². The zero-order valence-electron chi connectivity index (χ0n) is 23.8. The first-order chi connectivity index (χ1) is 18.6. The molecule has 1 N–H and O–H groups in total. The highest BCUT2D eigenvalue weighted by Crippen LogP contribution is 2.26. The fourth-order valence-electron chi connectivity index (χ4n) is 5.44. The quantitative estimate of drug-likeness (QED) is 0.361. The molecule has 0 atom stereocenters. The van der Waals surface area contributed by atoms with Gasteiger partial charge in [-0.25, -0.2) is 0 Å². The summed E-state index contributed by atoms with van der Waals surface area (Å²) in [6.07, 6.45) is 3.27. The van der Waals surface area contributed by atoms with E-state index in [0.717, 1.165) is 70.8 Å². The Labute approximate surface area is 232 Å². The van der Waals surface area contributed by atoms with Gasteiger partial charge in [-0.3, -0.25) is 14.5 Å². The van der Waals surface area contributed by atoms with Gasteiger partial charge in [-0.1, -0.05) is 32.9 Å². The molecule has 1 amide bonds. The van der Waals surface area contributed by atoms with E-state index in [1.807, 2.05) is 11.0 Å². The molecule has 9 nitrogen and oxygen atoms in total. The second-order valence-electron chi connectivity index (χ2n) is 11.8. The summed E-state index contributed by atoms with van der Waals surface area (Å²) in [6, 6.07) is 14.5. The Bertz CT molecular complexity index is 1120. The highest BCUT2D eigenvalue weighted by atomic mass is 17.0. The summed E-state index contributed by atoms with van der Waals surface area (Å²) in [7, 11) is 0. The van der Waals surface area contributed by atoms with Crippen molar-refractivity contribution in [2.75, 3.05) is 56.0 Å². The van der Waals surface area contributed by atoms with E-state index in [9.17, 15) is 14.9 Å². The molecule has 2 saturated heterocycles. The van der Waals surface area contributed by atoms with Gasteiger partial charge in [-0.15, -0.1) is 10.1 Å². The van der Waals surface area contributed by atoms with Crippen LogP contribution in [0.3, 0.4) is 0 Å². The zero-order valence-corrected chi connectivity index (χ0v) is 23.8. The van der Waals surface area contributed by atoms with Crippen LogP contribution in [-0.2, 0) is 10.2 Å². The molecule has 0 saturated carbocycles. The van der Waals surface area contributed by atoms with Crippen molar-refractivity contribution in [1.29, 1.82) is 0 Å². The Morgan fingerprint density at radius 1 is 1.03 bits per heavy atom. The van der Waals surface area contributed by atoms with Crippen LogP contribution >= 0.6 is 0 Å². The Hall–Kier alpha value is -3.33. The van der Waals surface area contributed by atoms with Crippen LogP contribution in [0.5, 0.6) is 5.75 Å². The molecule has 212 valence electrons. The number of aryl methyl sites for hydroxylation is 1. The predicted octanol–water partition coefficient (Wildman–Crippen LogP) is 4.87. The van der Waals surface area contributed by atoms with Gasteiger partial charge >= 0.3 is 0 Å². The fraction of sp³-hybridized carbons (Fsp3) is 0.567. The number of carbonyl (C=O) groups is 1.